The standard InChI is InChI=1S/C14H16Br2N2O3/c15-8-5-6-12(10(16)7-8)18-14(21)17-11-4-2-1-3-9(11)13(19)20/h5-7,9,11H,1-4H2,(H,19,20)(H2,17,18,21). The fourth-order valence-electron chi connectivity index (χ4n) is 2.52. The topological polar surface area (TPSA) is 78.4 Å². The lowest BCUT2D eigenvalue weighted by Gasteiger charge is -2.29. The van der Waals surface area contributed by atoms with Gasteiger partial charge in [-0.3, -0.25) is 4.79 Å². The van der Waals surface area contributed by atoms with E-state index in [4.69, 9.17) is 0 Å². The molecular formula is C14H16Br2N2O3. The first-order valence-corrected chi connectivity index (χ1v) is 8.31. The summed E-state index contributed by atoms with van der Waals surface area (Å²) in [5, 5.41) is 14.7. The first-order valence-electron chi connectivity index (χ1n) is 6.73. The van der Waals surface area contributed by atoms with Gasteiger partial charge >= 0.3 is 12.0 Å². The number of carboxylic acid groups (broad SMARTS) is 1. The molecule has 0 saturated heterocycles. The van der Waals surface area contributed by atoms with Crippen LogP contribution in [0.2, 0.25) is 0 Å². The average molecular weight is 420 g/mol. The predicted octanol–water partition coefficient (Wildman–Crippen LogP) is 3.98. The summed E-state index contributed by atoms with van der Waals surface area (Å²) in [4.78, 5) is 23.3. The summed E-state index contributed by atoms with van der Waals surface area (Å²) in [6, 6.07) is 4.72. The van der Waals surface area contributed by atoms with Crippen LogP contribution in [0.5, 0.6) is 0 Å². The lowest BCUT2D eigenvalue weighted by Crippen LogP contribution is -2.46. The largest absolute Gasteiger partial charge is 0.481 e. The number of carbonyl (C=O) groups is 2. The second kappa shape index (κ2) is 7.26. The molecule has 21 heavy (non-hydrogen) atoms. The van der Waals surface area contributed by atoms with E-state index in [-0.39, 0.29) is 12.1 Å². The van der Waals surface area contributed by atoms with E-state index >= 15 is 0 Å². The maximum absolute atomic E-state index is 12.0. The van der Waals surface area contributed by atoms with Gasteiger partial charge in [-0.05, 0) is 47.0 Å². The smallest absolute Gasteiger partial charge is 0.319 e. The monoisotopic (exact) mass is 418 g/mol. The van der Waals surface area contributed by atoms with Crippen molar-refractivity contribution in [2.45, 2.75) is 31.7 Å². The Hall–Kier alpha value is -1.08. The summed E-state index contributed by atoms with van der Waals surface area (Å²) in [6.45, 7) is 0. The molecule has 0 heterocycles. The zero-order chi connectivity index (χ0) is 15.4. The number of amides is 2. The van der Waals surface area contributed by atoms with Crippen LogP contribution in [-0.4, -0.2) is 23.1 Å². The number of anilines is 1. The van der Waals surface area contributed by atoms with E-state index in [0.29, 0.717) is 18.5 Å². The number of rotatable bonds is 3. The molecule has 3 N–H and O–H groups in total. The van der Waals surface area contributed by atoms with Gasteiger partial charge in [-0.2, -0.15) is 0 Å². The zero-order valence-corrected chi connectivity index (χ0v) is 14.4. The van der Waals surface area contributed by atoms with E-state index in [1.54, 1.807) is 6.07 Å². The molecule has 114 valence electrons. The highest BCUT2D eigenvalue weighted by atomic mass is 79.9. The molecule has 7 heteroatoms. The second-order valence-corrected chi connectivity index (χ2v) is 6.83. The van der Waals surface area contributed by atoms with Crippen molar-refractivity contribution in [1.29, 1.82) is 0 Å². The van der Waals surface area contributed by atoms with Crippen LogP contribution in [0, 0.1) is 5.92 Å². The Kier molecular flexibility index (Phi) is 5.64. The second-order valence-electron chi connectivity index (χ2n) is 5.06. The Bertz CT molecular complexity index is 551. The molecule has 1 fully saturated rings. The van der Waals surface area contributed by atoms with Crippen LogP contribution in [0.15, 0.2) is 27.1 Å². The van der Waals surface area contributed by atoms with Gasteiger partial charge < -0.3 is 15.7 Å². The number of urea groups is 1. The first kappa shape index (κ1) is 16.3. The number of carbonyl (C=O) groups excluding carboxylic acids is 1. The highest BCUT2D eigenvalue weighted by Crippen LogP contribution is 2.27. The van der Waals surface area contributed by atoms with Crippen molar-refractivity contribution in [3.05, 3.63) is 27.1 Å². The van der Waals surface area contributed by atoms with Gasteiger partial charge in [0, 0.05) is 15.0 Å². The molecule has 2 rings (SSSR count). The quantitative estimate of drug-likeness (QED) is 0.693. The molecule has 2 amide bonds. The highest BCUT2D eigenvalue weighted by molar-refractivity contribution is 9.11. The third-order valence-electron chi connectivity index (χ3n) is 3.58. The molecule has 0 radical (unpaired) electrons. The molecule has 0 spiro atoms. The van der Waals surface area contributed by atoms with E-state index in [9.17, 15) is 14.7 Å². The molecule has 2 unspecified atom stereocenters. The number of carboxylic acids is 1. The molecule has 2 atom stereocenters. The summed E-state index contributed by atoms with van der Waals surface area (Å²) >= 11 is 6.71. The Morgan fingerprint density at radius 3 is 2.57 bits per heavy atom. The maximum Gasteiger partial charge on any atom is 0.319 e. The normalized spacial score (nSPS) is 21.6. The van der Waals surface area contributed by atoms with Gasteiger partial charge in [-0.15, -0.1) is 0 Å². The van der Waals surface area contributed by atoms with Crippen molar-refractivity contribution in [2.24, 2.45) is 5.92 Å². The molecule has 1 saturated carbocycles. The fourth-order valence-corrected chi connectivity index (χ4v) is 3.66. The van der Waals surface area contributed by atoms with E-state index in [2.05, 4.69) is 42.5 Å². The summed E-state index contributed by atoms with van der Waals surface area (Å²) in [6.07, 6.45) is 3.15. The van der Waals surface area contributed by atoms with Crippen LogP contribution in [-0.2, 0) is 4.79 Å². The van der Waals surface area contributed by atoms with Gasteiger partial charge in [0.1, 0.15) is 0 Å². The third-order valence-corrected chi connectivity index (χ3v) is 4.73. The minimum absolute atomic E-state index is 0.314. The van der Waals surface area contributed by atoms with Crippen molar-refractivity contribution in [3.63, 3.8) is 0 Å². The Labute approximate surface area is 139 Å². The summed E-state index contributed by atoms with van der Waals surface area (Å²) < 4.78 is 1.66. The molecule has 0 bridgehead atoms. The van der Waals surface area contributed by atoms with Crippen LogP contribution in [0.3, 0.4) is 0 Å². The number of benzene rings is 1. The SMILES string of the molecule is O=C(Nc1ccc(Br)cc1Br)NC1CCCCC1C(=O)O. The van der Waals surface area contributed by atoms with Gasteiger partial charge in [0.05, 0.1) is 11.6 Å². The number of hydrogen-bond acceptors (Lipinski definition) is 2. The van der Waals surface area contributed by atoms with Gasteiger partial charge in [-0.25, -0.2) is 4.79 Å². The van der Waals surface area contributed by atoms with Crippen molar-refractivity contribution in [3.8, 4) is 0 Å². The van der Waals surface area contributed by atoms with Crippen LogP contribution in [0.25, 0.3) is 0 Å². The number of aliphatic carboxylic acids is 1. The van der Waals surface area contributed by atoms with Crippen LogP contribution in [0.4, 0.5) is 10.5 Å². The van der Waals surface area contributed by atoms with Gasteiger partial charge in [0.2, 0.25) is 0 Å². The van der Waals surface area contributed by atoms with Gasteiger partial charge in [0.15, 0.2) is 0 Å². The number of halogens is 2. The van der Waals surface area contributed by atoms with E-state index in [0.717, 1.165) is 21.8 Å². The predicted molar refractivity (Wildman–Crippen MR) is 87.4 cm³/mol. The van der Waals surface area contributed by atoms with Crippen LogP contribution < -0.4 is 10.6 Å². The minimum Gasteiger partial charge on any atom is -0.481 e. The zero-order valence-electron chi connectivity index (χ0n) is 11.2. The van der Waals surface area contributed by atoms with Crippen LogP contribution in [0.1, 0.15) is 25.7 Å². The molecule has 1 aromatic rings. The van der Waals surface area contributed by atoms with Crippen molar-refractivity contribution < 1.29 is 14.7 Å². The van der Waals surface area contributed by atoms with E-state index in [1.165, 1.54) is 0 Å². The molecule has 0 aromatic heterocycles. The highest BCUT2D eigenvalue weighted by Gasteiger charge is 2.31. The van der Waals surface area contributed by atoms with Gasteiger partial charge in [-0.1, -0.05) is 28.8 Å². The van der Waals surface area contributed by atoms with Crippen molar-refractivity contribution in [2.75, 3.05) is 5.32 Å². The van der Waals surface area contributed by atoms with Crippen molar-refractivity contribution >= 4 is 49.5 Å². The Morgan fingerprint density at radius 1 is 1.19 bits per heavy atom. The lowest BCUT2D eigenvalue weighted by atomic mass is 9.84. The maximum atomic E-state index is 12.0. The first-order chi connectivity index (χ1) is 9.97. The third kappa shape index (κ3) is 4.44. The minimum atomic E-state index is -0.843. The Morgan fingerprint density at radius 2 is 1.90 bits per heavy atom. The molecule has 1 aliphatic carbocycles. The fraction of sp³-hybridized carbons (Fsp3) is 0.429. The summed E-state index contributed by atoms with van der Waals surface area (Å²) in [7, 11) is 0. The molecule has 0 aliphatic heterocycles. The van der Waals surface area contributed by atoms with Crippen molar-refractivity contribution in [1.82, 2.24) is 5.32 Å². The summed E-state index contributed by atoms with van der Waals surface area (Å²) in [5.74, 6) is -1.34. The number of nitrogens with one attached hydrogen (secondary N) is 2. The molecule has 1 aliphatic rings. The van der Waals surface area contributed by atoms with Crippen LogP contribution >= 0.6 is 31.9 Å². The molecular weight excluding hydrogens is 404 g/mol. The van der Waals surface area contributed by atoms with Gasteiger partial charge in [0.25, 0.3) is 0 Å². The Balaban J connectivity index is 1.98. The number of hydrogen-bond donors (Lipinski definition) is 3. The molecule has 5 nitrogen and oxygen atoms in total. The lowest BCUT2D eigenvalue weighted by molar-refractivity contribution is -0.143. The van der Waals surface area contributed by atoms with E-state index in [1.807, 2.05) is 12.1 Å². The summed E-state index contributed by atoms with van der Waals surface area (Å²) in [5.41, 5.74) is 0.637. The van der Waals surface area contributed by atoms with E-state index < -0.39 is 11.9 Å². The molecule has 1 aromatic carbocycles. The average Bonchev–Trinajstić information content (AvgIpc) is 2.42.